The van der Waals surface area contributed by atoms with E-state index in [2.05, 4.69) is 24.4 Å². The Morgan fingerprint density at radius 2 is 1.42 bits per heavy atom. The Labute approximate surface area is 197 Å². The summed E-state index contributed by atoms with van der Waals surface area (Å²) in [6.45, 7) is 11.6. The van der Waals surface area contributed by atoms with Crippen LogP contribution in [0.25, 0.3) is 0 Å². The molecule has 3 aromatic rings. The van der Waals surface area contributed by atoms with Gasteiger partial charge in [-0.15, -0.1) is 0 Å². The van der Waals surface area contributed by atoms with Gasteiger partial charge in [0.15, 0.2) is 0 Å². The first-order valence-electron chi connectivity index (χ1n) is 11.0. The Balaban J connectivity index is 1.92. The highest BCUT2D eigenvalue weighted by molar-refractivity contribution is 7.92. The van der Waals surface area contributed by atoms with E-state index in [4.69, 9.17) is 0 Å². The minimum absolute atomic E-state index is 0.147. The molecule has 0 saturated heterocycles. The van der Waals surface area contributed by atoms with Crippen LogP contribution in [0.2, 0.25) is 0 Å². The number of rotatable bonds is 7. The largest absolute Gasteiger partial charge is 0.348 e. The van der Waals surface area contributed by atoms with Crippen LogP contribution in [-0.4, -0.2) is 20.9 Å². The van der Waals surface area contributed by atoms with Gasteiger partial charge >= 0.3 is 0 Å². The van der Waals surface area contributed by atoms with Crippen molar-refractivity contribution in [1.29, 1.82) is 0 Å². The lowest BCUT2D eigenvalue weighted by atomic mass is 9.96. The van der Waals surface area contributed by atoms with Crippen LogP contribution < -0.4 is 9.62 Å². The highest BCUT2D eigenvalue weighted by Gasteiger charge is 2.28. The third kappa shape index (κ3) is 5.45. The second-order valence-corrected chi connectivity index (χ2v) is 10.5. The van der Waals surface area contributed by atoms with Crippen molar-refractivity contribution in [2.45, 2.75) is 52.5 Å². The van der Waals surface area contributed by atoms with Crippen molar-refractivity contribution >= 4 is 21.6 Å². The molecule has 3 aromatic carbocycles. The first kappa shape index (κ1) is 24.5. The van der Waals surface area contributed by atoms with Gasteiger partial charge in [-0.3, -0.25) is 9.10 Å². The van der Waals surface area contributed by atoms with Gasteiger partial charge in [-0.25, -0.2) is 8.42 Å². The SMILES string of the molecule is Cc1ccc(N(CC(=O)NC(C)c2cc(C)c(C)cc2C)S(=O)(=O)c2ccccc2)cc1C. The van der Waals surface area contributed by atoms with Gasteiger partial charge in [0.1, 0.15) is 6.54 Å². The van der Waals surface area contributed by atoms with E-state index in [1.165, 1.54) is 9.87 Å². The molecule has 33 heavy (non-hydrogen) atoms. The average Bonchev–Trinajstić information content (AvgIpc) is 2.77. The van der Waals surface area contributed by atoms with E-state index in [-0.39, 0.29) is 23.4 Å². The molecule has 174 valence electrons. The average molecular weight is 465 g/mol. The molecule has 0 fully saturated rings. The van der Waals surface area contributed by atoms with E-state index in [0.29, 0.717) is 5.69 Å². The van der Waals surface area contributed by atoms with Crippen molar-refractivity contribution in [2.24, 2.45) is 0 Å². The molecule has 1 atom stereocenters. The Bertz CT molecular complexity index is 1270. The lowest BCUT2D eigenvalue weighted by Gasteiger charge is -2.26. The third-order valence-corrected chi connectivity index (χ3v) is 7.91. The number of hydrogen-bond donors (Lipinski definition) is 1. The number of carbonyl (C=O) groups excluding carboxylic acids is 1. The van der Waals surface area contributed by atoms with Gasteiger partial charge < -0.3 is 5.32 Å². The Morgan fingerprint density at radius 3 is 2.06 bits per heavy atom. The van der Waals surface area contributed by atoms with E-state index in [1.54, 1.807) is 42.5 Å². The molecule has 0 heterocycles. The normalized spacial score (nSPS) is 12.3. The van der Waals surface area contributed by atoms with Crippen LogP contribution in [0.15, 0.2) is 65.6 Å². The molecule has 0 aliphatic carbocycles. The summed E-state index contributed by atoms with van der Waals surface area (Å²) >= 11 is 0. The van der Waals surface area contributed by atoms with Gasteiger partial charge in [0, 0.05) is 0 Å². The van der Waals surface area contributed by atoms with Crippen LogP contribution in [-0.2, 0) is 14.8 Å². The number of sulfonamides is 1. The highest BCUT2D eigenvalue weighted by Crippen LogP contribution is 2.26. The van der Waals surface area contributed by atoms with Crippen molar-refractivity contribution in [3.8, 4) is 0 Å². The second-order valence-electron chi connectivity index (χ2n) is 8.68. The molecule has 0 saturated carbocycles. The molecule has 3 rings (SSSR count). The summed E-state index contributed by atoms with van der Waals surface area (Å²) in [6.07, 6.45) is 0. The van der Waals surface area contributed by atoms with Gasteiger partial charge in [-0.1, -0.05) is 36.4 Å². The molecule has 0 bridgehead atoms. The summed E-state index contributed by atoms with van der Waals surface area (Å²) in [7, 11) is -3.93. The van der Waals surface area contributed by atoms with Gasteiger partial charge in [-0.05, 0) is 99.2 Å². The quantitative estimate of drug-likeness (QED) is 0.516. The highest BCUT2D eigenvalue weighted by atomic mass is 32.2. The predicted octanol–water partition coefficient (Wildman–Crippen LogP) is 5.30. The monoisotopic (exact) mass is 464 g/mol. The second kappa shape index (κ2) is 9.79. The van der Waals surface area contributed by atoms with Crippen LogP contribution in [0.4, 0.5) is 5.69 Å². The molecule has 0 aromatic heterocycles. The molecular weight excluding hydrogens is 432 g/mol. The van der Waals surface area contributed by atoms with Crippen LogP contribution >= 0.6 is 0 Å². The summed E-state index contributed by atoms with van der Waals surface area (Å²) in [5.41, 5.74) is 6.94. The number of carbonyl (C=O) groups is 1. The number of amides is 1. The number of nitrogens with one attached hydrogen (secondary N) is 1. The van der Waals surface area contributed by atoms with Crippen molar-refractivity contribution in [2.75, 3.05) is 10.8 Å². The summed E-state index contributed by atoms with van der Waals surface area (Å²) in [5.74, 6) is -0.363. The maximum absolute atomic E-state index is 13.5. The molecule has 1 amide bonds. The Morgan fingerprint density at radius 1 is 0.818 bits per heavy atom. The van der Waals surface area contributed by atoms with Crippen molar-refractivity contribution in [3.63, 3.8) is 0 Å². The Kier molecular flexibility index (Phi) is 7.28. The molecule has 1 unspecified atom stereocenters. The van der Waals surface area contributed by atoms with Crippen molar-refractivity contribution in [1.82, 2.24) is 5.32 Å². The fraction of sp³-hybridized carbons (Fsp3) is 0.296. The van der Waals surface area contributed by atoms with E-state index in [0.717, 1.165) is 27.8 Å². The number of hydrogen-bond acceptors (Lipinski definition) is 3. The number of aryl methyl sites for hydroxylation is 5. The first-order chi connectivity index (χ1) is 15.5. The molecule has 0 spiro atoms. The molecule has 1 N–H and O–H groups in total. The fourth-order valence-corrected chi connectivity index (χ4v) is 5.29. The van der Waals surface area contributed by atoms with Crippen LogP contribution in [0.3, 0.4) is 0 Å². The zero-order chi connectivity index (χ0) is 24.3. The van der Waals surface area contributed by atoms with E-state index < -0.39 is 10.0 Å². The molecule has 0 radical (unpaired) electrons. The molecule has 6 heteroatoms. The Hall–Kier alpha value is -3.12. The molecular formula is C27H32N2O3S. The van der Waals surface area contributed by atoms with E-state index >= 15 is 0 Å². The lowest BCUT2D eigenvalue weighted by Crippen LogP contribution is -2.41. The van der Waals surface area contributed by atoms with Gasteiger partial charge in [0.05, 0.1) is 16.6 Å². The van der Waals surface area contributed by atoms with Crippen LogP contribution in [0.1, 0.15) is 46.3 Å². The van der Waals surface area contributed by atoms with Crippen LogP contribution in [0.5, 0.6) is 0 Å². The minimum Gasteiger partial charge on any atom is -0.348 e. The topological polar surface area (TPSA) is 66.5 Å². The van der Waals surface area contributed by atoms with Crippen molar-refractivity contribution in [3.05, 3.63) is 94.0 Å². The van der Waals surface area contributed by atoms with E-state index in [1.807, 2.05) is 40.7 Å². The summed E-state index contributed by atoms with van der Waals surface area (Å²) < 4.78 is 28.2. The zero-order valence-electron chi connectivity index (χ0n) is 20.1. The smallest absolute Gasteiger partial charge is 0.264 e. The number of anilines is 1. The summed E-state index contributed by atoms with van der Waals surface area (Å²) in [4.78, 5) is 13.2. The summed E-state index contributed by atoms with van der Waals surface area (Å²) in [6, 6.07) is 17.6. The number of benzene rings is 3. The third-order valence-electron chi connectivity index (χ3n) is 6.12. The molecule has 0 aliphatic rings. The van der Waals surface area contributed by atoms with E-state index in [9.17, 15) is 13.2 Å². The standard InChI is InChI=1S/C27H32N2O3S/c1-18-12-13-24(15-20(18)3)29(33(31,32)25-10-8-7-9-11-25)17-27(30)28-23(6)26-16-21(4)19(2)14-22(26)5/h7-16,23H,17H2,1-6H3,(H,28,30). The van der Waals surface area contributed by atoms with Crippen molar-refractivity contribution < 1.29 is 13.2 Å². The maximum atomic E-state index is 13.5. The van der Waals surface area contributed by atoms with Gasteiger partial charge in [0.2, 0.25) is 5.91 Å². The lowest BCUT2D eigenvalue weighted by molar-refractivity contribution is -0.120. The van der Waals surface area contributed by atoms with Gasteiger partial charge in [-0.2, -0.15) is 0 Å². The maximum Gasteiger partial charge on any atom is 0.264 e. The molecule has 5 nitrogen and oxygen atoms in total. The fourth-order valence-electron chi connectivity index (χ4n) is 3.86. The first-order valence-corrected chi connectivity index (χ1v) is 12.5. The molecule has 0 aliphatic heterocycles. The number of nitrogens with zero attached hydrogens (tertiary/aromatic N) is 1. The minimum atomic E-state index is -3.93. The van der Waals surface area contributed by atoms with Gasteiger partial charge in [0.25, 0.3) is 10.0 Å². The van der Waals surface area contributed by atoms with Crippen LogP contribution in [0, 0.1) is 34.6 Å². The zero-order valence-corrected chi connectivity index (χ0v) is 21.0. The predicted molar refractivity (Wildman–Crippen MR) is 134 cm³/mol. The summed E-state index contributed by atoms with van der Waals surface area (Å²) in [5, 5.41) is 2.99.